The molecule has 0 spiro atoms. The summed E-state index contributed by atoms with van der Waals surface area (Å²) in [6, 6.07) is 8.19. The third-order valence-electron chi connectivity index (χ3n) is 3.59. The summed E-state index contributed by atoms with van der Waals surface area (Å²) in [5.41, 5.74) is 4.12. The van der Waals surface area contributed by atoms with Gasteiger partial charge in [-0.05, 0) is 36.8 Å². The monoisotopic (exact) mass is 396 g/mol. The topological polar surface area (TPSA) is 69.2 Å². The van der Waals surface area contributed by atoms with Crippen molar-refractivity contribution in [3.8, 4) is 17.2 Å². The average Bonchev–Trinajstić information content (AvgIpc) is 2.66. The number of carbonyl (C=O) groups excluding carboxylic acids is 1. The Morgan fingerprint density at radius 3 is 2.04 bits per heavy atom. The highest BCUT2D eigenvalue weighted by atomic mass is 35.5. The molecule has 0 aliphatic rings. The normalized spacial score (nSPS) is 11.1. The maximum absolute atomic E-state index is 12.4. The van der Waals surface area contributed by atoms with Gasteiger partial charge in [0.2, 0.25) is 5.75 Å². The van der Waals surface area contributed by atoms with Gasteiger partial charge in [-0.15, -0.1) is 0 Å². The molecule has 26 heavy (non-hydrogen) atoms. The fourth-order valence-corrected chi connectivity index (χ4v) is 2.50. The molecule has 2 aromatic carbocycles. The zero-order chi connectivity index (χ0) is 19.3. The van der Waals surface area contributed by atoms with E-state index in [0.29, 0.717) is 38.6 Å². The standard InChI is InChI=1S/C18H18Cl2N2O4/c1-10(11-5-6-13(19)14(20)7-11)21-22-18(23)12-8-15(24-2)17(26-4)16(9-12)25-3/h5-9H,1-4H3,(H,22,23)/b21-10-. The van der Waals surface area contributed by atoms with Crippen LogP contribution in [0.2, 0.25) is 10.0 Å². The Balaban J connectivity index is 2.25. The van der Waals surface area contributed by atoms with E-state index in [2.05, 4.69) is 10.5 Å². The third kappa shape index (κ3) is 4.39. The Kier molecular flexibility index (Phi) is 6.71. The van der Waals surface area contributed by atoms with Crippen LogP contribution in [0, 0.1) is 0 Å². The van der Waals surface area contributed by atoms with E-state index in [9.17, 15) is 4.79 Å². The van der Waals surface area contributed by atoms with Gasteiger partial charge >= 0.3 is 0 Å². The Labute approximate surface area is 161 Å². The van der Waals surface area contributed by atoms with Crippen molar-refractivity contribution in [2.24, 2.45) is 5.10 Å². The fourth-order valence-electron chi connectivity index (χ4n) is 2.20. The zero-order valence-corrected chi connectivity index (χ0v) is 16.2. The molecule has 6 nitrogen and oxygen atoms in total. The molecule has 0 heterocycles. The molecule has 0 fully saturated rings. The Hall–Kier alpha value is -2.44. The summed E-state index contributed by atoms with van der Waals surface area (Å²) in [4.78, 5) is 12.4. The number of halogens is 2. The zero-order valence-electron chi connectivity index (χ0n) is 14.7. The molecule has 2 aromatic rings. The van der Waals surface area contributed by atoms with Gasteiger partial charge in [-0.2, -0.15) is 5.10 Å². The van der Waals surface area contributed by atoms with E-state index in [0.717, 1.165) is 5.56 Å². The van der Waals surface area contributed by atoms with Crippen LogP contribution in [0.15, 0.2) is 35.4 Å². The van der Waals surface area contributed by atoms with Crippen LogP contribution < -0.4 is 19.6 Å². The summed E-state index contributed by atoms with van der Waals surface area (Å²) >= 11 is 11.9. The summed E-state index contributed by atoms with van der Waals surface area (Å²) < 4.78 is 15.7. The number of benzene rings is 2. The number of methoxy groups -OCH3 is 3. The minimum absolute atomic E-state index is 0.310. The smallest absolute Gasteiger partial charge is 0.271 e. The van der Waals surface area contributed by atoms with Crippen molar-refractivity contribution in [2.75, 3.05) is 21.3 Å². The van der Waals surface area contributed by atoms with E-state index in [4.69, 9.17) is 37.4 Å². The van der Waals surface area contributed by atoms with E-state index < -0.39 is 5.91 Å². The molecule has 1 N–H and O–H groups in total. The lowest BCUT2D eigenvalue weighted by molar-refractivity contribution is 0.0954. The fraction of sp³-hybridized carbons (Fsp3) is 0.222. The Morgan fingerprint density at radius 2 is 1.54 bits per heavy atom. The quantitative estimate of drug-likeness (QED) is 0.587. The Morgan fingerprint density at radius 1 is 0.923 bits per heavy atom. The maximum Gasteiger partial charge on any atom is 0.271 e. The van der Waals surface area contributed by atoms with Gasteiger partial charge in [-0.25, -0.2) is 5.43 Å². The van der Waals surface area contributed by atoms with Crippen molar-refractivity contribution < 1.29 is 19.0 Å². The van der Waals surface area contributed by atoms with Crippen molar-refractivity contribution in [1.82, 2.24) is 5.43 Å². The minimum Gasteiger partial charge on any atom is -0.493 e. The minimum atomic E-state index is -0.427. The molecule has 0 saturated heterocycles. The number of carbonyl (C=O) groups is 1. The van der Waals surface area contributed by atoms with Gasteiger partial charge in [-0.1, -0.05) is 29.3 Å². The van der Waals surface area contributed by atoms with Crippen molar-refractivity contribution in [1.29, 1.82) is 0 Å². The number of nitrogens with one attached hydrogen (secondary N) is 1. The second-order valence-electron chi connectivity index (χ2n) is 5.18. The van der Waals surface area contributed by atoms with Crippen molar-refractivity contribution >= 4 is 34.8 Å². The number of ether oxygens (including phenoxy) is 3. The van der Waals surface area contributed by atoms with Crippen LogP contribution in [0.4, 0.5) is 0 Å². The number of hydrogen-bond acceptors (Lipinski definition) is 5. The molecule has 0 radical (unpaired) electrons. The van der Waals surface area contributed by atoms with Gasteiger partial charge in [0.15, 0.2) is 11.5 Å². The summed E-state index contributed by atoms with van der Waals surface area (Å²) in [7, 11) is 4.45. The van der Waals surface area contributed by atoms with Gasteiger partial charge in [0, 0.05) is 5.56 Å². The third-order valence-corrected chi connectivity index (χ3v) is 4.33. The summed E-state index contributed by atoms with van der Waals surface area (Å²) in [6.45, 7) is 1.75. The van der Waals surface area contributed by atoms with E-state index in [1.807, 2.05) is 0 Å². The molecular formula is C18H18Cl2N2O4. The van der Waals surface area contributed by atoms with Gasteiger partial charge in [-0.3, -0.25) is 4.79 Å². The molecule has 138 valence electrons. The molecular weight excluding hydrogens is 379 g/mol. The van der Waals surface area contributed by atoms with Gasteiger partial charge in [0.25, 0.3) is 5.91 Å². The van der Waals surface area contributed by atoms with Crippen LogP contribution in [0.5, 0.6) is 17.2 Å². The van der Waals surface area contributed by atoms with Crippen LogP contribution in [-0.2, 0) is 0 Å². The SMILES string of the molecule is COc1cc(C(=O)N/N=C(/C)c2ccc(Cl)c(Cl)c2)cc(OC)c1OC. The second-order valence-corrected chi connectivity index (χ2v) is 6.00. The van der Waals surface area contributed by atoms with Crippen LogP contribution >= 0.6 is 23.2 Å². The molecule has 2 rings (SSSR count). The average molecular weight is 397 g/mol. The predicted octanol–water partition coefficient (Wildman–Crippen LogP) is 4.17. The van der Waals surface area contributed by atoms with Crippen molar-refractivity contribution in [3.05, 3.63) is 51.5 Å². The molecule has 0 aliphatic heterocycles. The lowest BCUT2D eigenvalue weighted by Crippen LogP contribution is -2.19. The van der Waals surface area contributed by atoms with Crippen LogP contribution in [0.3, 0.4) is 0 Å². The van der Waals surface area contributed by atoms with E-state index in [1.54, 1.807) is 37.3 Å². The molecule has 8 heteroatoms. The van der Waals surface area contributed by atoms with Crippen LogP contribution in [0.25, 0.3) is 0 Å². The number of rotatable bonds is 6. The number of nitrogens with zero attached hydrogens (tertiary/aromatic N) is 1. The highest BCUT2D eigenvalue weighted by Crippen LogP contribution is 2.38. The molecule has 0 atom stereocenters. The number of amides is 1. The molecule has 0 unspecified atom stereocenters. The largest absolute Gasteiger partial charge is 0.493 e. The molecule has 0 saturated carbocycles. The molecule has 0 bridgehead atoms. The van der Waals surface area contributed by atoms with Crippen LogP contribution in [-0.4, -0.2) is 32.9 Å². The second kappa shape index (κ2) is 8.78. The summed E-state index contributed by atoms with van der Waals surface area (Å²) in [6.07, 6.45) is 0. The first-order chi connectivity index (χ1) is 12.4. The highest BCUT2D eigenvalue weighted by Gasteiger charge is 2.17. The molecule has 0 aliphatic carbocycles. The van der Waals surface area contributed by atoms with E-state index in [1.165, 1.54) is 21.3 Å². The Bertz CT molecular complexity index is 828. The summed E-state index contributed by atoms with van der Waals surface area (Å²) in [5, 5.41) is 4.96. The van der Waals surface area contributed by atoms with Crippen molar-refractivity contribution in [2.45, 2.75) is 6.92 Å². The lowest BCUT2D eigenvalue weighted by atomic mass is 10.1. The number of hydrazone groups is 1. The van der Waals surface area contributed by atoms with Crippen molar-refractivity contribution in [3.63, 3.8) is 0 Å². The first-order valence-electron chi connectivity index (χ1n) is 7.51. The van der Waals surface area contributed by atoms with E-state index in [-0.39, 0.29) is 0 Å². The predicted molar refractivity (Wildman–Crippen MR) is 102 cm³/mol. The van der Waals surface area contributed by atoms with Gasteiger partial charge in [0.05, 0.1) is 37.1 Å². The molecule has 1 amide bonds. The van der Waals surface area contributed by atoms with Gasteiger partial charge < -0.3 is 14.2 Å². The first kappa shape index (κ1) is 19.9. The summed E-state index contributed by atoms with van der Waals surface area (Å²) in [5.74, 6) is 0.732. The lowest BCUT2D eigenvalue weighted by Gasteiger charge is -2.13. The molecule has 0 aromatic heterocycles. The van der Waals surface area contributed by atoms with Gasteiger partial charge in [0.1, 0.15) is 0 Å². The first-order valence-corrected chi connectivity index (χ1v) is 8.27. The maximum atomic E-state index is 12.4. The number of hydrogen-bond donors (Lipinski definition) is 1. The highest BCUT2D eigenvalue weighted by molar-refractivity contribution is 6.42. The van der Waals surface area contributed by atoms with E-state index >= 15 is 0 Å². The van der Waals surface area contributed by atoms with Crippen LogP contribution in [0.1, 0.15) is 22.8 Å².